The summed E-state index contributed by atoms with van der Waals surface area (Å²) in [6.45, 7) is 0. The molecule has 0 aliphatic heterocycles. The van der Waals surface area contributed by atoms with Crippen molar-refractivity contribution in [2.24, 2.45) is 0 Å². The Morgan fingerprint density at radius 3 is 1.94 bits per heavy atom. The van der Waals surface area contributed by atoms with Crippen molar-refractivity contribution >= 4 is 63.0 Å². The van der Waals surface area contributed by atoms with E-state index in [0.29, 0.717) is 0 Å². The maximum atomic E-state index is 3.71. The van der Waals surface area contributed by atoms with E-state index in [1.165, 1.54) is 26.4 Å². The molecule has 0 aliphatic rings. The highest BCUT2D eigenvalue weighted by Crippen LogP contribution is 2.23. The van der Waals surface area contributed by atoms with Gasteiger partial charge in [-0.3, -0.25) is 0 Å². The van der Waals surface area contributed by atoms with E-state index in [2.05, 4.69) is 69.1 Å². The summed E-state index contributed by atoms with van der Waals surface area (Å²) >= 11 is 3.71. The molecule has 0 aromatic heterocycles. The van der Waals surface area contributed by atoms with Crippen LogP contribution in [0, 0.1) is 0 Å². The van der Waals surface area contributed by atoms with Gasteiger partial charge in [0.05, 0.1) is 0 Å². The van der Waals surface area contributed by atoms with E-state index in [-0.39, 0.29) is 0 Å². The predicted molar refractivity (Wildman–Crippen MR) is 96.6 cm³/mol. The average Bonchev–Trinajstić information content (AvgIpc) is 2.32. The minimum absolute atomic E-state index is 1.05. The second-order valence-electron chi connectivity index (χ2n) is 4.46. The van der Waals surface area contributed by atoms with Crippen LogP contribution in [0.15, 0.2) is 32.4 Å². The summed E-state index contributed by atoms with van der Waals surface area (Å²) < 4.78 is 1.28. The zero-order chi connectivity index (χ0) is 12.7. The maximum absolute atomic E-state index is 3.71. The highest BCUT2D eigenvalue weighted by molar-refractivity contribution is 9.12. The van der Waals surface area contributed by atoms with Crippen LogP contribution in [0.2, 0.25) is 12.6 Å². The first-order valence-electron chi connectivity index (χ1n) is 6.11. The smallest absolute Gasteiger partial charge is 0.123 e. The van der Waals surface area contributed by atoms with Gasteiger partial charge < -0.3 is 0 Å². The van der Waals surface area contributed by atoms with Crippen LogP contribution in [-0.4, -0.2) is 47.1 Å². The van der Waals surface area contributed by atoms with Gasteiger partial charge in [-0.2, -0.15) is 0 Å². The van der Waals surface area contributed by atoms with Crippen molar-refractivity contribution < 1.29 is 0 Å². The number of hydrogen-bond acceptors (Lipinski definition) is 0. The molecule has 0 saturated heterocycles. The van der Waals surface area contributed by atoms with E-state index in [4.69, 9.17) is 0 Å². The molecule has 7 heteroatoms. The zero-order valence-corrected chi connectivity index (χ0v) is 13.2. The molecule has 0 heterocycles. The first-order valence-corrected chi connectivity index (χ1v) is 6.90. The van der Waals surface area contributed by atoms with Crippen molar-refractivity contribution in [3.05, 3.63) is 32.4 Å². The summed E-state index contributed by atoms with van der Waals surface area (Å²) in [7, 11) is 13.2. The molecule has 0 aromatic rings. The van der Waals surface area contributed by atoms with Crippen LogP contribution in [0.4, 0.5) is 0 Å². The van der Waals surface area contributed by atoms with Gasteiger partial charge in [-0.15, -0.1) is 10.9 Å². The first-order chi connectivity index (χ1) is 7.43. The lowest BCUT2D eigenvalue weighted by Gasteiger charge is -2.09. The Kier molecular flexibility index (Phi) is 8.27. The lowest BCUT2D eigenvalue weighted by Crippen LogP contribution is -1.96. The minimum atomic E-state index is 1.05. The SMILES string of the molecule is BC/C(B)=C(B)\C(Br)=C(\B)C/C=C(\B)CB. The number of rotatable bonds is 5. The van der Waals surface area contributed by atoms with E-state index in [0.717, 1.165) is 19.1 Å². The van der Waals surface area contributed by atoms with Crippen LogP contribution < -0.4 is 0 Å². The van der Waals surface area contributed by atoms with E-state index in [1.807, 2.05) is 0 Å². The minimum Gasteiger partial charge on any atom is -0.123 e. The van der Waals surface area contributed by atoms with E-state index in [1.54, 1.807) is 0 Å². The third-order valence-electron chi connectivity index (χ3n) is 3.19. The summed E-state index contributed by atoms with van der Waals surface area (Å²) in [5, 5.41) is 0. The number of hydrogen-bond donors (Lipinski definition) is 0. The lowest BCUT2D eigenvalue weighted by molar-refractivity contribution is 1.31. The van der Waals surface area contributed by atoms with Crippen molar-refractivity contribution in [2.45, 2.75) is 19.1 Å². The molecule has 0 atom stereocenters. The van der Waals surface area contributed by atoms with E-state index >= 15 is 0 Å². The quantitative estimate of drug-likeness (QED) is 0.390. The molecule has 0 nitrogen and oxygen atoms in total. The molecule has 0 N–H and O–H groups in total. The predicted octanol–water partition coefficient (Wildman–Crippen LogP) is -2.29. The van der Waals surface area contributed by atoms with Gasteiger partial charge in [0.15, 0.2) is 0 Å². The van der Waals surface area contributed by atoms with Crippen LogP contribution in [0.5, 0.6) is 0 Å². The van der Waals surface area contributed by atoms with E-state index in [9.17, 15) is 0 Å². The second kappa shape index (κ2) is 8.22. The van der Waals surface area contributed by atoms with Gasteiger partial charge in [0.1, 0.15) is 47.1 Å². The molecule has 0 bridgehead atoms. The van der Waals surface area contributed by atoms with Crippen LogP contribution in [0.3, 0.4) is 0 Å². The summed E-state index contributed by atoms with van der Waals surface area (Å²) in [6.07, 6.45) is 5.64. The van der Waals surface area contributed by atoms with Gasteiger partial charge in [0.25, 0.3) is 0 Å². The molecule has 80 valence electrons. The van der Waals surface area contributed by atoms with Crippen molar-refractivity contribution in [1.82, 2.24) is 0 Å². The molecule has 0 radical (unpaired) electrons. The van der Waals surface area contributed by atoms with Crippen molar-refractivity contribution in [3.8, 4) is 0 Å². The van der Waals surface area contributed by atoms with Crippen LogP contribution >= 0.6 is 15.9 Å². The Morgan fingerprint density at radius 1 is 0.938 bits per heavy atom. The number of halogens is 1. The molecule has 0 unspecified atom stereocenters. The molecule has 0 spiro atoms. The highest BCUT2D eigenvalue weighted by atomic mass is 79.9. The monoisotopic (exact) mass is 272 g/mol. The normalized spacial score (nSPS) is 15.4. The molecule has 16 heavy (non-hydrogen) atoms. The maximum Gasteiger partial charge on any atom is 0.139 e. The zero-order valence-electron chi connectivity index (χ0n) is 11.6. The van der Waals surface area contributed by atoms with Crippen molar-refractivity contribution in [2.75, 3.05) is 0 Å². The summed E-state index contributed by atoms with van der Waals surface area (Å²) in [5.41, 5.74) is 5.73. The van der Waals surface area contributed by atoms with Crippen molar-refractivity contribution in [3.63, 3.8) is 0 Å². The molecular weight excluding hydrogens is 253 g/mol. The van der Waals surface area contributed by atoms with Gasteiger partial charge in [0.2, 0.25) is 0 Å². The summed E-state index contributed by atoms with van der Waals surface area (Å²) in [6, 6.07) is 0. The molecule has 0 aromatic carbocycles. The Hall–Kier alpha value is 0.0896. The van der Waals surface area contributed by atoms with Gasteiger partial charge in [0, 0.05) is 4.48 Å². The van der Waals surface area contributed by atoms with Crippen molar-refractivity contribution in [1.29, 1.82) is 0 Å². The van der Waals surface area contributed by atoms with Crippen LogP contribution in [0.1, 0.15) is 6.42 Å². The van der Waals surface area contributed by atoms with Crippen LogP contribution in [0.25, 0.3) is 0 Å². The largest absolute Gasteiger partial charge is 0.139 e. The molecule has 0 fully saturated rings. The molecule has 0 aliphatic carbocycles. The fourth-order valence-electron chi connectivity index (χ4n) is 1.33. The molecule has 0 amide bonds. The Bertz CT molecular complexity index is 331. The average molecular weight is 272 g/mol. The Balaban J connectivity index is 4.85. The topological polar surface area (TPSA) is 0 Å². The van der Waals surface area contributed by atoms with Gasteiger partial charge >= 0.3 is 0 Å². The van der Waals surface area contributed by atoms with E-state index < -0.39 is 0 Å². The molecular formula is C9H19B6Br. The fraction of sp³-hybridized carbons (Fsp3) is 0.333. The lowest BCUT2D eigenvalue weighted by atomic mass is 9.72. The molecule has 0 rings (SSSR count). The Labute approximate surface area is 114 Å². The van der Waals surface area contributed by atoms with Gasteiger partial charge in [-0.05, 0) is 6.42 Å². The Morgan fingerprint density at radius 2 is 1.50 bits per heavy atom. The third-order valence-corrected chi connectivity index (χ3v) is 4.46. The highest BCUT2D eigenvalue weighted by Gasteiger charge is 2.02. The second-order valence-corrected chi connectivity index (χ2v) is 5.25. The number of allylic oxidation sites excluding steroid dienone is 6. The summed E-state index contributed by atoms with van der Waals surface area (Å²) in [4.78, 5) is 0. The molecule has 0 saturated carbocycles. The van der Waals surface area contributed by atoms with Gasteiger partial charge in [-0.25, -0.2) is 0 Å². The fourth-order valence-corrected chi connectivity index (χ4v) is 1.83. The van der Waals surface area contributed by atoms with Gasteiger partial charge in [-0.1, -0.05) is 45.6 Å². The standard InChI is InChI=1S/C9H19B6Br/c10-3-5(12)1-2-6(13)9(16)8(15)7(14)4-11/h1H,2-4,10-15H2/b5-1-,8-7-,9-6-. The first kappa shape index (κ1) is 16.1. The summed E-state index contributed by atoms with van der Waals surface area (Å²) in [5.74, 6) is 0. The van der Waals surface area contributed by atoms with Crippen LogP contribution in [-0.2, 0) is 0 Å². The third kappa shape index (κ3) is 5.43.